The first-order valence-corrected chi connectivity index (χ1v) is 9.67. The highest BCUT2D eigenvalue weighted by Gasteiger charge is 2.19. The minimum absolute atomic E-state index is 0.0508. The van der Waals surface area contributed by atoms with Gasteiger partial charge in [-0.15, -0.1) is 0 Å². The molecule has 4 aromatic rings. The van der Waals surface area contributed by atoms with Crippen LogP contribution in [0, 0.1) is 10.1 Å². The number of para-hydroxylation sites is 3. The van der Waals surface area contributed by atoms with E-state index in [0.717, 1.165) is 4.47 Å². The Labute approximate surface area is 178 Å². The number of nitro benzene ring substituents is 1. The fraction of sp³-hybridized carbons (Fsp3) is 0. The van der Waals surface area contributed by atoms with Crippen molar-refractivity contribution in [3.05, 3.63) is 103 Å². The Kier molecular flexibility index (Phi) is 5.16. The van der Waals surface area contributed by atoms with Crippen LogP contribution in [0.15, 0.2) is 76.0 Å². The smallest absolute Gasteiger partial charge is 0.293 e. The maximum absolute atomic E-state index is 13.3. The molecule has 0 fully saturated rings. The minimum Gasteiger partial charge on any atom is -0.507 e. The van der Waals surface area contributed by atoms with Crippen LogP contribution >= 0.6 is 15.9 Å². The lowest BCUT2D eigenvalue weighted by molar-refractivity contribution is -0.384. The molecular weight excluding hydrogens is 450 g/mol. The Morgan fingerprint density at radius 2 is 1.77 bits per heavy atom. The molecule has 0 bridgehead atoms. The van der Waals surface area contributed by atoms with E-state index in [1.165, 1.54) is 28.8 Å². The van der Waals surface area contributed by atoms with Gasteiger partial charge in [0.05, 0.1) is 15.8 Å². The summed E-state index contributed by atoms with van der Waals surface area (Å²) >= 11 is 3.35. The lowest BCUT2D eigenvalue weighted by Gasteiger charge is -2.11. The van der Waals surface area contributed by atoms with Crippen molar-refractivity contribution in [2.75, 3.05) is 0 Å². The second kappa shape index (κ2) is 7.92. The lowest BCUT2D eigenvalue weighted by Crippen LogP contribution is -2.23. The van der Waals surface area contributed by atoms with Gasteiger partial charge in [0, 0.05) is 16.1 Å². The number of hydrogen-bond donors (Lipinski definition) is 1. The number of phenolic OH excluding ortho intramolecular Hbond substituents is 1. The van der Waals surface area contributed by atoms with E-state index in [9.17, 15) is 20.0 Å². The van der Waals surface area contributed by atoms with E-state index in [1.54, 1.807) is 54.6 Å². The van der Waals surface area contributed by atoms with Crippen molar-refractivity contribution in [2.45, 2.75) is 0 Å². The Bertz CT molecular complexity index is 1380. The fourth-order valence-electron chi connectivity index (χ4n) is 3.13. The molecule has 0 aliphatic rings. The van der Waals surface area contributed by atoms with Gasteiger partial charge < -0.3 is 5.11 Å². The van der Waals surface area contributed by atoms with Gasteiger partial charge >= 0.3 is 0 Å². The molecule has 0 saturated heterocycles. The molecule has 1 N–H and O–H groups in total. The van der Waals surface area contributed by atoms with Gasteiger partial charge in [-0.1, -0.05) is 40.2 Å². The van der Waals surface area contributed by atoms with E-state index in [0.29, 0.717) is 16.5 Å². The average molecular weight is 464 g/mol. The topological polar surface area (TPSA) is 98.3 Å². The summed E-state index contributed by atoms with van der Waals surface area (Å²) in [6.07, 6.45) is 3.15. The molecule has 4 rings (SSSR count). The number of nitro groups is 1. The minimum atomic E-state index is -0.537. The highest BCUT2D eigenvalue weighted by atomic mass is 79.9. The monoisotopic (exact) mass is 463 g/mol. The molecule has 3 aromatic carbocycles. The number of phenols is 1. The number of fused-ring (bicyclic) bond motifs is 1. The fourth-order valence-corrected chi connectivity index (χ4v) is 3.50. The predicted octanol–water partition coefficient (Wildman–Crippen LogP) is 4.93. The molecule has 0 radical (unpaired) electrons. The van der Waals surface area contributed by atoms with E-state index in [2.05, 4.69) is 20.9 Å². The van der Waals surface area contributed by atoms with Crippen LogP contribution in [0.2, 0.25) is 0 Å². The summed E-state index contributed by atoms with van der Waals surface area (Å²) in [5.74, 6) is 0.252. The molecular formula is C22H14BrN3O4. The zero-order valence-corrected chi connectivity index (χ0v) is 17.0. The summed E-state index contributed by atoms with van der Waals surface area (Å²) in [4.78, 5) is 28.8. The Hall–Kier alpha value is -3.78. The predicted molar refractivity (Wildman–Crippen MR) is 119 cm³/mol. The normalized spacial score (nSPS) is 11.2. The maximum atomic E-state index is 13.3. The molecule has 0 amide bonds. The summed E-state index contributed by atoms with van der Waals surface area (Å²) in [7, 11) is 0. The van der Waals surface area contributed by atoms with Crippen LogP contribution in [0.1, 0.15) is 11.4 Å². The summed E-state index contributed by atoms with van der Waals surface area (Å²) in [6.45, 7) is 0. The Balaban J connectivity index is 2.01. The molecule has 0 unspecified atom stereocenters. The van der Waals surface area contributed by atoms with Crippen LogP contribution in [0.3, 0.4) is 0 Å². The standard InChI is InChI=1S/C22H14BrN3O4/c23-15-10-11-20(27)14(13-15)9-12-21-24-17-6-2-1-5-16(17)22(28)25(21)18-7-3-4-8-19(18)26(29)30/h1-13,27H. The third-order valence-corrected chi connectivity index (χ3v) is 5.02. The highest BCUT2D eigenvalue weighted by molar-refractivity contribution is 9.10. The largest absolute Gasteiger partial charge is 0.507 e. The number of aromatic hydroxyl groups is 1. The van der Waals surface area contributed by atoms with Crippen molar-refractivity contribution in [1.29, 1.82) is 0 Å². The van der Waals surface area contributed by atoms with Gasteiger partial charge in [-0.2, -0.15) is 0 Å². The lowest BCUT2D eigenvalue weighted by atomic mass is 10.1. The van der Waals surface area contributed by atoms with Crippen molar-refractivity contribution in [1.82, 2.24) is 9.55 Å². The molecule has 0 atom stereocenters. The average Bonchev–Trinajstić information content (AvgIpc) is 2.74. The third kappa shape index (κ3) is 3.60. The number of halogens is 1. The number of rotatable bonds is 4. The molecule has 148 valence electrons. The molecule has 1 heterocycles. The van der Waals surface area contributed by atoms with E-state index in [-0.39, 0.29) is 22.9 Å². The van der Waals surface area contributed by atoms with Crippen LogP contribution in [0.25, 0.3) is 28.7 Å². The van der Waals surface area contributed by atoms with Crippen molar-refractivity contribution >= 4 is 44.7 Å². The number of benzene rings is 3. The van der Waals surface area contributed by atoms with Crippen LogP contribution in [-0.2, 0) is 0 Å². The van der Waals surface area contributed by atoms with Gasteiger partial charge in [-0.05, 0) is 48.6 Å². The molecule has 0 spiro atoms. The zero-order chi connectivity index (χ0) is 21.3. The van der Waals surface area contributed by atoms with Crippen molar-refractivity contribution in [3.8, 4) is 11.4 Å². The van der Waals surface area contributed by atoms with Crippen molar-refractivity contribution in [2.24, 2.45) is 0 Å². The molecule has 0 aliphatic carbocycles. The molecule has 7 nitrogen and oxygen atoms in total. The first-order chi connectivity index (χ1) is 14.5. The molecule has 0 saturated carbocycles. The number of aromatic nitrogens is 2. The molecule has 1 aromatic heterocycles. The van der Waals surface area contributed by atoms with Crippen molar-refractivity contribution < 1.29 is 10.0 Å². The van der Waals surface area contributed by atoms with Crippen molar-refractivity contribution in [3.63, 3.8) is 0 Å². The Morgan fingerprint density at radius 1 is 1.03 bits per heavy atom. The first kappa shape index (κ1) is 19.5. The SMILES string of the molecule is O=c1c2ccccc2nc(C=Cc2cc(Br)ccc2O)n1-c1ccccc1[N+](=O)[O-]. The van der Waals surface area contributed by atoms with Gasteiger partial charge in [-0.25, -0.2) is 4.98 Å². The first-order valence-electron chi connectivity index (χ1n) is 8.88. The Morgan fingerprint density at radius 3 is 2.57 bits per heavy atom. The van der Waals surface area contributed by atoms with Gasteiger partial charge in [-0.3, -0.25) is 19.5 Å². The van der Waals surface area contributed by atoms with E-state index in [4.69, 9.17) is 0 Å². The van der Waals surface area contributed by atoms with Gasteiger partial charge in [0.1, 0.15) is 17.3 Å². The molecule has 0 aliphatic heterocycles. The second-order valence-corrected chi connectivity index (χ2v) is 7.33. The van der Waals surface area contributed by atoms with Crippen LogP contribution in [0.4, 0.5) is 5.69 Å². The third-order valence-electron chi connectivity index (χ3n) is 4.52. The van der Waals surface area contributed by atoms with Gasteiger partial charge in [0.2, 0.25) is 0 Å². The van der Waals surface area contributed by atoms with Crippen LogP contribution in [0.5, 0.6) is 5.75 Å². The van der Waals surface area contributed by atoms with Crippen LogP contribution < -0.4 is 5.56 Å². The summed E-state index contributed by atoms with van der Waals surface area (Å²) in [5.41, 5.74) is 0.449. The number of nitrogens with zero attached hydrogens (tertiary/aromatic N) is 3. The highest BCUT2D eigenvalue weighted by Crippen LogP contribution is 2.26. The molecule has 8 heteroatoms. The van der Waals surface area contributed by atoms with Gasteiger partial charge in [0.25, 0.3) is 11.2 Å². The number of hydrogen-bond acceptors (Lipinski definition) is 5. The second-order valence-electron chi connectivity index (χ2n) is 6.41. The van der Waals surface area contributed by atoms with Gasteiger partial charge in [0.15, 0.2) is 0 Å². The zero-order valence-electron chi connectivity index (χ0n) is 15.4. The summed E-state index contributed by atoms with van der Waals surface area (Å²) in [5, 5.41) is 22.0. The maximum Gasteiger partial charge on any atom is 0.293 e. The van der Waals surface area contributed by atoms with Crippen LogP contribution in [-0.4, -0.2) is 19.6 Å². The van der Waals surface area contributed by atoms with E-state index in [1.807, 2.05) is 0 Å². The quantitative estimate of drug-likeness (QED) is 0.341. The van der Waals surface area contributed by atoms with E-state index >= 15 is 0 Å². The van der Waals surface area contributed by atoms with E-state index < -0.39 is 10.5 Å². The molecule has 30 heavy (non-hydrogen) atoms. The summed E-state index contributed by atoms with van der Waals surface area (Å²) < 4.78 is 1.98. The summed E-state index contributed by atoms with van der Waals surface area (Å²) in [6, 6.07) is 17.7.